The summed E-state index contributed by atoms with van der Waals surface area (Å²) in [5.74, 6) is 0. The molecule has 0 spiro atoms. The zero-order chi connectivity index (χ0) is 24.4. The first kappa shape index (κ1) is 23.7. The molecule has 0 radical (unpaired) electrons. The molecule has 0 amide bonds. The molecule has 1 saturated heterocycles. The van der Waals surface area contributed by atoms with Gasteiger partial charge in [0.15, 0.2) is 0 Å². The Morgan fingerprint density at radius 1 is 1.03 bits per heavy atom. The zero-order valence-electron chi connectivity index (χ0n) is 21.3. The minimum atomic E-state index is 0.817. The highest BCUT2D eigenvalue weighted by Gasteiger charge is 2.19. The lowest BCUT2D eigenvalue weighted by Gasteiger charge is -2.26. The number of benzene rings is 2. The highest BCUT2D eigenvalue weighted by molar-refractivity contribution is 6.09. The van der Waals surface area contributed by atoms with Gasteiger partial charge >= 0.3 is 0 Å². The van der Waals surface area contributed by atoms with Crippen LogP contribution in [0.3, 0.4) is 0 Å². The van der Waals surface area contributed by atoms with Crippen molar-refractivity contribution < 1.29 is 4.74 Å². The van der Waals surface area contributed by atoms with Crippen LogP contribution in [0, 0.1) is 13.8 Å². The van der Waals surface area contributed by atoms with Crippen LogP contribution in [0.25, 0.3) is 33.2 Å². The Morgan fingerprint density at radius 3 is 2.60 bits per heavy atom. The van der Waals surface area contributed by atoms with Crippen LogP contribution in [0.2, 0.25) is 0 Å². The fourth-order valence-electron chi connectivity index (χ4n) is 4.78. The Hall–Kier alpha value is -3.00. The Labute approximate surface area is 207 Å². The minimum Gasteiger partial charge on any atom is -0.383 e. The predicted octanol–water partition coefficient (Wildman–Crippen LogP) is 4.17. The highest BCUT2D eigenvalue weighted by Crippen LogP contribution is 2.36. The highest BCUT2D eigenvalue weighted by atomic mass is 16.5. The second-order valence-corrected chi connectivity index (χ2v) is 9.78. The number of ether oxygens (including phenoxy) is 1. The topological polar surface area (TPSA) is 58.5 Å². The fourth-order valence-corrected chi connectivity index (χ4v) is 4.78. The van der Waals surface area contributed by atoms with Crippen molar-refractivity contribution in [1.82, 2.24) is 24.3 Å². The van der Waals surface area contributed by atoms with Crippen molar-refractivity contribution in [1.29, 1.82) is 0 Å². The Balaban J connectivity index is 1.61. The molecule has 7 nitrogen and oxygen atoms in total. The van der Waals surface area contributed by atoms with Gasteiger partial charge in [-0.05, 0) is 57.3 Å². The van der Waals surface area contributed by atoms with Gasteiger partial charge in [-0.25, -0.2) is 9.97 Å². The van der Waals surface area contributed by atoms with Crippen LogP contribution < -0.4 is 5.32 Å². The van der Waals surface area contributed by atoms with E-state index in [0.717, 1.165) is 80.5 Å². The molecular weight excluding hydrogens is 436 g/mol. The quantitative estimate of drug-likeness (QED) is 0.415. The molecule has 0 saturated carbocycles. The number of nitrogens with zero attached hydrogens (tertiary/aromatic N) is 5. The standard InChI is InChI=1S/C28H36N6O/c1-20-17-23-25(18-21(20)2)31-26(22-7-5-6-8-24(22)29-9-10-32(3)4)27-28(23)34(19-30-27)12-11-33-13-15-35-16-14-33/h5-8,17-19,29H,9-16H2,1-4H3. The van der Waals surface area contributed by atoms with Gasteiger partial charge in [0.1, 0.15) is 11.2 Å². The largest absolute Gasteiger partial charge is 0.383 e. The number of morpholine rings is 1. The van der Waals surface area contributed by atoms with Crippen LogP contribution in [-0.2, 0) is 11.3 Å². The molecule has 0 aliphatic carbocycles. The number of fused-ring (bicyclic) bond motifs is 3. The second-order valence-electron chi connectivity index (χ2n) is 9.78. The number of hydrogen-bond donors (Lipinski definition) is 1. The van der Waals surface area contributed by atoms with E-state index in [0.29, 0.717) is 0 Å². The summed E-state index contributed by atoms with van der Waals surface area (Å²) in [7, 11) is 4.19. The van der Waals surface area contributed by atoms with E-state index in [4.69, 9.17) is 14.7 Å². The lowest BCUT2D eigenvalue weighted by Crippen LogP contribution is -2.38. The first-order chi connectivity index (χ1) is 17.0. The van der Waals surface area contributed by atoms with Crippen LogP contribution in [-0.4, -0.2) is 84.4 Å². The molecule has 3 heterocycles. The molecular formula is C28H36N6O. The number of aryl methyl sites for hydroxylation is 2. The van der Waals surface area contributed by atoms with Crippen molar-refractivity contribution >= 4 is 27.6 Å². The maximum atomic E-state index is 5.53. The Morgan fingerprint density at radius 2 is 1.80 bits per heavy atom. The number of para-hydroxylation sites is 1. The molecule has 4 aromatic rings. The van der Waals surface area contributed by atoms with E-state index in [1.165, 1.54) is 22.0 Å². The number of likely N-dealkylation sites (N-methyl/N-ethyl adjacent to an activating group) is 1. The number of rotatable bonds is 8. The van der Waals surface area contributed by atoms with Crippen molar-refractivity contribution in [2.45, 2.75) is 20.4 Å². The zero-order valence-corrected chi connectivity index (χ0v) is 21.3. The van der Waals surface area contributed by atoms with E-state index >= 15 is 0 Å². The molecule has 0 atom stereocenters. The van der Waals surface area contributed by atoms with Gasteiger partial charge < -0.3 is 19.5 Å². The number of hydrogen-bond acceptors (Lipinski definition) is 6. The monoisotopic (exact) mass is 472 g/mol. The van der Waals surface area contributed by atoms with E-state index in [1.54, 1.807) is 0 Å². The van der Waals surface area contributed by atoms with E-state index in [9.17, 15) is 0 Å². The van der Waals surface area contributed by atoms with Crippen LogP contribution in [0.15, 0.2) is 42.7 Å². The van der Waals surface area contributed by atoms with Gasteiger partial charge in [0, 0.05) is 55.9 Å². The van der Waals surface area contributed by atoms with Gasteiger partial charge in [-0.15, -0.1) is 0 Å². The molecule has 5 rings (SSSR count). The molecule has 1 aliphatic heterocycles. The number of imidazole rings is 1. The summed E-state index contributed by atoms with van der Waals surface area (Å²) in [6.45, 7) is 11.7. The molecule has 1 N–H and O–H groups in total. The summed E-state index contributed by atoms with van der Waals surface area (Å²) in [6.07, 6.45) is 1.99. The molecule has 1 aliphatic rings. The van der Waals surface area contributed by atoms with Crippen molar-refractivity contribution in [2.24, 2.45) is 0 Å². The van der Waals surface area contributed by atoms with E-state index < -0.39 is 0 Å². The summed E-state index contributed by atoms with van der Waals surface area (Å²) in [6, 6.07) is 12.9. The van der Waals surface area contributed by atoms with E-state index in [-0.39, 0.29) is 0 Å². The first-order valence-corrected chi connectivity index (χ1v) is 12.5. The third-order valence-electron chi connectivity index (χ3n) is 6.98. The second kappa shape index (κ2) is 10.3. The SMILES string of the molecule is Cc1cc2nc(-c3ccccc3NCCN(C)C)c3ncn(CCN4CCOCC4)c3c2cc1C. The maximum absolute atomic E-state index is 5.53. The Kier molecular flexibility index (Phi) is 7.00. The van der Waals surface area contributed by atoms with Crippen LogP contribution >= 0.6 is 0 Å². The van der Waals surface area contributed by atoms with Crippen molar-refractivity contribution in [3.63, 3.8) is 0 Å². The lowest BCUT2D eigenvalue weighted by molar-refractivity contribution is 0.0365. The van der Waals surface area contributed by atoms with E-state index in [2.05, 4.69) is 84.0 Å². The third kappa shape index (κ3) is 5.03. The maximum Gasteiger partial charge on any atom is 0.115 e. The van der Waals surface area contributed by atoms with Gasteiger partial charge in [-0.2, -0.15) is 0 Å². The number of nitrogens with one attached hydrogen (secondary N) is 1. The van der Waals surface area contributed by atoms with Gasteiger partial charge in [-0.3, -0.25) is 4.90 Å². The average Bonchev–Trinajstić information content (AvgIpc) is 3.28. The molecule has 0 unspecified atom stereocenters. The summed E-state index contributed by atoms with van der Waals surface area (Å²) in [5, 5.41) is 4.79. The van der Waals surface area contributed by atoms with E-state index in [1.807, 2.05) is 6.33 Å². The third-order valence-corrected chi connectivity index (χ3v) is 6.98. The smallest absolute Gasteiger partial charge is 0.115 e. The minimum absolute atomic E-state index is 0.817. The predicted molar refractivity (Wildman–Crippen MR) is 144 cm³/mol. The van der Waals surface area contributed by atoms with Crippen LogP contribution in [0.1, 0.15) is 11.1 Å². The summed E-state index contributed by atoms with van der Waals surface area (Å²) < 4.78 is 7.84. The molecule has 1 fully saturated rings. The van der Waals surface area contributed by atoms with Crippen molar-refractivity contribution in [2.75, 3.05) is 65.3 Å². The van der Waals surface area contributed by atoms with Crippen LogP contribution in [0.5, 0.6) is 0 Å². The van der Waals surface area contributed by atoms with Gasteiger partial charge in [0.2, 0.25) is 0 Å². The number of pyridine rings is 1. The normalized spacial score (nSPS) is 14.9. The molecule has 7 heteroatoms. The molecule has 0 bridgehead atoms. The van der Waals surface area contributed by atoms with Gasteiger partial charge in [-0.1, -0.05) is 18.2 Å². The molecule has 2 aromatic carbocycles. The van der Waals surface area contributed by atoms with Gasteiger partial charge in [0.25, 0.3) is 0 Å². The molecule has 184 valence electrons. The van der Waals surface area contributed by atoms with Crippen molar-refractivity contribution in [3.8, 4) is 11.3 Å². The van der Waals surface area contributed by atoms with Crippen LogP contribution in [0.4, 0.5) is 5.69 Å². The summed E-state index contributed by atoms with van der Waals surface area (Å²) in [5.41, 5.74) is 8.81. The van der Waals surface area contributed by atoms with Crippen molar-refractivity contribution in [3.05, 3.63) is 53.9 Å². The average molecular weight is 473 g/mol. The summed E-state index contributed by atoms with van der Waals surface area (Å²) in [4.78, 5) is 14.8. The summed E-state index contributed by atoms with van der Waals surface area (Å²) >= 11 is 0. The van der Waals surface area contributed by atoms with Gasteiger partial charge in [0.05, 0.1) is 30.6 Å². The first-order valence-electron chi connectivity index (χ1n) is 12.5. The number of aromatic nitrogens is 3. The number of anilines is 1. The fraction of sp³-hybridized carbons (Fsp3) is 0.429. The Bertz CT molecular complexity index is 1320. The molecule has 2 aromatic heterocycles. The molecule has 35 heavy (non-hydrogen) atoms. The lowest BCUT2D eigenvalue weighted by atomic mass is 10.0.